The van der Waals surface area contributed by atoms with Crippen molar-refractivity contribution in [2.24, 2.45) is 0 Å². The summed E-state index contributed by atoms with van der Waals surface area (Å²) < 4.78 is 11.9. The summed E-state index contributed by atoms with van der Waals surface area (Å²) in [7, 11) is 0. The van der Waals surface area contributed by atoms with Gasteiger partial charge in [0.15, 0.2) is 6.73 Å². The lowest BCUT2D eigenvalue weighted by atomic mass is 10.0. The molecule has 24 heavy (non-hydrogen) atoms. The molecule has 0 bridgehead atoms. The van der Waals surface area contributed by atoms with Crippen LogP contribution in [0, 0.1) is 6.92 Å². The highest BCUT2D eigenvalue weighted by molar-refractivity contribution is 9.10. The Balaban J connectivity index is 1.86. The quantitative estimate of drug-likeness (QED) is 0.541. The third kappa shape index (κ3) is 2.48. The van der Waals surface area contributed by atoms with E-state index in [0.717, 1.165) is 28.0 Å². The molecule has 0 amide bonds. The summed E-state index contributed by atoms with van der Waals surface area (Å²) >= 11 is 9.38. The van der Waals surface area contributed by atoms with E-state index in [1.54, 1.807) is 0 Å². The van der Waals surface area contributed by atoms with Crippen LogP contribution in [0.15, 0.2) is 50.1 Å². The maximum absolute atomic E-state index is 12.1. The van der Waals surface area contributed by atoms with Gasteiger partial charge >= 0.3 is 5.63 Å². The molecule has 6 heteroatoms. The predicted molar refractivity (Wildman–Crippen MR) is 98.1 cm³/mol. The van der Waals surface area contributed by atoms with Crippen molar-refractivity contribution in [3.63, 3.8) is 0 Å². The van der Waals surface area contributed by atoms with E-state index in [-0.39, 0.29) is 5.63 Å². The Morgan fingerprint density at radius 2 is 2.08 bits per heavy atom. The highest BCUT2D eigenvalue weighted by Crippen LogP contribution is 2.36. The van der Waals surface area contributed by atoms with E-state index in [0.29, 0.717) is 28.4 Å². The van der Waals surface area contributed by atoms with Crippen molar-refractivity contribution in [3.05, 3.63) is 67.4 Å². The van der Waals surface area contributed by atoms with Crippen LogP contribution in [0.1, 0.15) is 11.1 Å². The molecule has 0 atom stereocenters. The van der Waals surface area contributed by atoms with E-state index < -0.39 is 0 Å². The summed E-state index contributed by atoms with van der Waals surface area (Å²) in [5.74, 6) is 0.741. The summed E-state index contributed by atoms with van der Waals surface area (Å²) in [5.41, 5.74) is 2.88. The van der Waals surface area contributed by atoms with Crippen molar-refractivity contribution >= 4 is 44.2 Å². The monoisotopic (exact) mass is 405 g/mol. The summed E-state index contributed by atoms with van der Waals surface area (Å²) in [6.07, 6.45) is 0. The molecule has 0 saturated heterocycles. The van der Waals surface area contributed by atoms with Crippen LogP contribution < -0.4 is 15.3 Å². The zero-order valence-electron chi connectivity index (χ0n) is 12.8. The molecule has 1 aliphatic heterocycles. The molecule has 0 spiro atoms. The van der Waals surface area contributed by atoms with Gasteiger partial charge in [0, 0.05) is 16.1 Å². The minimum atomic E-state index is -0.381. The van der Waals surface area contributed by atoms with Gasteiger partial charge in [-0.2, -0.15) is 0 Å². The second-order valence-electron chi connectivity index (χ2n) is 5.70. The fourth-order valence-electron chi connectivity index (χ4n) is 2.94. The van der Waals surface area contributed by atoms with Gasteiger partial charge in [-0.1, -0.05) is 17.7 Å². The smallest absolute Gasteiger partial charge is 0.350 e. The first-order chi connectivity index (χ1) is 11.5. The SMILES string of the molecule is Cc1c(Br)c(=O)oc2c3c(ccc12)OCN(c1cccc(Cl)c1)C3. The molecule has 0 unspecified atom stereocenters. The van der Waals surface area contributed by atoms with Gasteiger partial charge in [0.2, 0.25) is 0 Å². The lowest BCUT2D eigenvalue weighted by molar-refractivity contribution is 0.289. The molecule has 1 aromatic heterocycles. The summed E-state index contributed by atoms with van der Waals surface area (Å²) in [4.78, 5) is 14.1. The second kappa shape index (κ2) is 5.83. The maximum atomic E-state index is 12.1. The molecular formula is C18H13BrClNO3. The third-order valence-electron chi connectivity index (χ3n) is 4.22. The van der Waals surface area contributed by atoms with E-state index in [1.807, 2.05) is 48.2 Å². The third-order valence-corrected chi connectivity index (χ3v) is 5.38. The molecule has 122 valence electrons. The first-order valence-electron chi connectivity index (χ1n) is 7.42. The molecule has 2 aromatic carbocycles. The molecule has 0 N–H and O–H groups in total. The Bertz CT molecular complexity index is 1020. The molecule has 4 rings (SSSR count). The van der Waals surface area contributed by atoms with Crippen LogP contribution in [0.5, 0.6) is 5.75 Å². The number of fused-ring (bicyclic) bond motifs is 3. The van der Waals surface area contributed by atoms with Gasteiger partial charge in [-0.3, -0.25) is 0 Å². The lowest BCUT2D eigenvalue weighted by Gasteiger charge is -2.31. The number of aryl methyl sites for hydroxylation is 1. The van der Waals surface area contributed by atoms with Crippen molar-refractivity contribution in [2.45, 2.75) is 13.5 Å². The van der Waals surface area contributed by atoms with Gasteiger partial charge in [-0.05, 0) is 58.7 Å². The van der Waals surface area contributed by atoms with Crippen LogP contribution in [0.2, 0.25) is 5.02 Å². The second-order valence-corrected chi connectivity index (χ2v) is 6.93. The molecule has 2 heterocycles. The molecule has 4 nitrogen and oxygen atoms in total. The van der Waals surface area contributed by atoms with Crippen LogP contribution in [0.25, 0.3) is 11.0 Å². The van der Waals surface area contributed by atoms with Gasteiger partial charge in [-0.15, -0.1) is 0 Å². The van der Waals surface area contributed by atoms with Crippen LogP contribution in [0.4, 0.5) is 5.69 Å². The molecule has 3 aromatic rings. The number of hydrogen-bond acceptors (Lipinski definition) is 4. The Morgan fingerprint density at radius 1 is 1.25 bits per heavy atom. The molecule has 1 aliphatic rings. The van der Waals surface area contributed by atoms with Gasteiger partial charge in [0.05, 0.1) is 12.1 Å². The van der Waals surface area contributed by atoms with E-state index in [4.69, 9.17) is 20.8 Å². The van der Waals surface area contributed by atoms with Crippen molar-refractivity contribution in [2.75, 3.05) is 11.6 Å². The first-order valence-corrected chi connectivity index (χ1v) is 8.60. The zero-order chi connectivity index (χ0) is 16.8. The average Bonchev–Trinajstić information content (AvgIpc) is 2.59. The number of hydrogen-bond donors (Lipinski definition) is 0. The Labute approximate surface area is 151 Å². The van der Waals surface area contributed by atoms with E-state index in [1.165, 1.54) is 0 Å². The topological polar surface area (TPSA) is 42.7 Å². The van der Waals surface area contributed by atoms with Gasteiger partial charge in [0.1, 0.15) is 15.8 Å². The molecule has 0 radical (unpaired) electrons. The maximum Gasteiger partial charge on any atom is 0.350 e. The summed E-state index contributed by atoms with van der Waals surface area (Å²) in [6.45, 7) is 2.89. The van der Waals surface area contributed by atoms with E-state index in [9.17, 15) is 4.79 Å². The lowest BCUT2D eigenvalue weighted by Crippen LogP contribution is -2.32. The zero-order valence-corrected chi connectivity index (χ0v) is 15.1. The fourth-order valence-corrected chi connectivity index (χ4v) is 3.42. The van der Waals surface area contributed by atoms with Crippen molar-refractivity contribution in [1.82, 2.24) is 0 Å². The molecular weight excluding hydrogens is 394 g/mol. The number of halogens is 2. The highest BCUT2D eigenvalue weighted by atomic mass is 79.9. The van der Waals surface area contributed by atoms with Crippen molar-refractivity contribution in [3.8, 4) is 5.75 Å². The van der Waals surface area contributed by atoms with Gasteiger partial charge in [-0.25, -0.2) is 4.79 Å². The van der Waals surface area contributed by atoms with Crippen LogP contribution in [-0.4, -0.2) is 6.73 Å². The van der Waals surface area contributed by atoms with E-state index in [2.05, 4.69) is 15.9 Å². The minimum absolute atomic E-state index is 0.381. The average molecular weight is 407 g/mol. The number of benzene rings is 2. The number of nitrogens with zero attached hydrogens (tertiary/aromatic N) is 1. The standard InChI is InChI=1S/C18H13BrClNO3/c1-10-13-5-6-15-14(17(13)24-18(22)16(10)19)8-21(9-23-15)12-4-2-3-11(20)7-12/h2-7H,8-9H2,1H3. The Kier molecular flexibility index (Phi) is 3.77. The molecule has 0 aliphatic carbocycles. The van der Waals surface area contributed by atoms with Crippen molar-refractivity contribution < 1.29 is 9.15 Å². The first kappa shape index (κ1) is 15.5. The largest absolute Gasteiger partial charge is 0.473 e. The van der Waals surface area contributed by atoms with Gasteiger partial charge < -0.3 is 14.1 Å². The predicted octanol–water partition coefficient (Wildman–Crippen LogP) is 4.87. The number of anilines is 1. The summed E-state index contributed by atoms with van der Waals surface area (Å²) in [5, 5.41) is 1.57. The Hall–Kier alpha value is -1.98. The fraction of sp³-hybridized carbons (Fsp3) is 0.167. The molecule has 0 saturated carbocycles. The number of ether oxygens (including phenoxy) is 1. The van der Waals surface area contributed by atoms with E-state index >= 15 is 0 Å². The van der Waals surface area contributed by atoms with Crippen LogP contribution >= 0.6 is 27.5 Å². The van der Waals surface area contributed by atoms with Crippen LogP contribution in [0.3, 0.4) is 0 Å². The number of rotatable bonds is 1. The van der Waals surface area contributed by atoms with Gasteiger partial charge in [0.25, 0.3) is 0 Å². The molecule has 0 fully saturated rings. The normalized spacial score (nSPS) is 13.7. The Morgan fingerprint density at radius 3 is 2.88 bits per heavy atom. The van der Waals surface area contributed by atoms with Crippen LogP contribution in [-0.2, 0) is 6.54 Å². The van der Waals surface area contributed by atoms with Crippen molar-refractivity contribution in [1.29, 1.82) is 0 Å². The summed E-state index contributed by atoms with van der Waals surface area (Å²) in [6, 6.07) is 11.4. The minimum Gasteiger partial charge on any atom is -0.473 e. The highest BCUT2D eigenvalue weighted by Gasteiger charge is 2.23.